The molecule has 2 saturated heterocycles. The Balaban J connectivity index is 1.04. The fraction of sp³-hybridized carbons (Fsp3) is 0.452. The van der Waals surface area contributed by atoms with Crippen LogP contribution in [0.5, 0.6) is 5.75 Å². The smallest absolute Gasteiger partial charge is 0.253 e. The molecule has 3 aromatic rings. The van der Waals surface area contributed by atoms with Gasteiger partial charge in [0.25, 0.3) is 5.91 Å². The summed E-state index contributed by atoms with van der Waals surface area (Å²) in [6.07, 6.45) is 8.64. The van der Waals surface area contributed by atoms with Crippen LogP contribution in [0, 0.1) is 0 Å². The van der Waals surface area contributed by atoms with Gasteiger partial charge in [-0.1, -0.05) is 12.1 Å². The fourth-order valence-electron chi connectivity index (χ4n) is 6.12. The minimum atomic E-state index is -0.0260. The lowest BCUT2D eigenvalue weighted by Crippen LogP contribution is -2.42. The van der Waals surface area contributed by atoms with E-state index in [2.05, 4.69) is 25.1 Å². The quantitative estimate of drug-likeness (QED) is 0.406. The minimum Gasteiger partial charge on any atom is -0.494 e. The van der Waals surface area contributed by atoms with E-state index in [-0.39, 0.29) is 11.8 Å². The predicted octanol–water partition coefficient (Wildman–Crippen LogP) is 4.28. The molecule has 8 heteroatoms. The van der Waals surface area contributed by atoms with Crippen molar-refractivity contribution in [2.75, 3.05) is 39.3 Å². The van der Waals surface area contributed by atoms with Crippen molar-refractivity contribution in [2.45, 2.75) is 51.0 Å². The highest BCUT2D eigenvalue weighted by Gasteiger charge is 2.30. The Morgan fingerprint density at radius 2 is 1.95 bits per heavy atom. The van der Waals surface area contributed by atoms with E-state index in [0.717, 1.165) is 71.9 Å². The molecule has 0 radical (unpaired) electrons. The van der Waals surface area contributed by atoms with Crippen LogP contribution < -0.4 is 10.1 Å². The summed E-state index contributed by atoms with van der Waals surface area (Å²) in [6.45, 7) is 5.45. The van der Waals surface area contributed by atoms with Crippen LogP contribution in [0.25, 0.3) is 22.5 Å². The minimum absolute atomic E-state index is 0.0260. The van der Waals surface area contributed by atoms with Crippen LogP contribution in [0.4, 0.5) is 0 Å². The maximum Gasteiger partial charge on any atom is 0.253 e. The molecule has 0 spiro atoms. The first kappa shape index (κ1) is 25.6. The second kappa shape index (κ2) is 11.6. The average molecular weight is 528 g/mol. The van der Waals surface area contributed by atoms with Gasteiger partial charge < -0.3 is 24.8 Å². The van der Waals surface area contributed by atoms with Crippen molar-refractivity contribution in [1.29, 1.82) is 0 Å². The standard InChI is InChI=1S/C31H37N5O3/c37-30(36-16-4-7-24(36)21-35-14-1-2-15-35)9-5-17-39-25-8-3-6-22(18-25)28-19-23(10-12-32-28)29-20-26-27(34-29)11-13-33-31(26)38/h3,6,8,10,12,18-20,24,34H,1-2,4-5,7,9,11,13-17,21H2,(H,33,38)/t24-/m0/s1. The molecule has 8 nitrogen and oxygen atoms in total. The number of nitrogens with one attached hydrogen (secondary N) is 2. The third-order valence-electron chi connectivity index (χ3n) is 8.17. The lowest BCUT2D eigenvalue weighted by molar-refractivity contribution is -0.132. The number of benzene rings is 1. The van der Waals surface area contributed by atoms with E-state index >= 15 is 0 Å². The second-order valence-corrected chi connectivity index (χ2v) is 10.9. The number of carbonyl (C=O) groups excluding carboxylic acids is 2. The Bertz CT molecular complexity index is 1330. The lowest BCUT2D eigenvalue weighted by atomic mass is 10.1. The molecule has 6 rings (SSSR count). The monoisotopic (exact) mass is 527 g/mol. The highest BCUT2D eigenvalue weighted by atomic mass is 16.5. The molecule has 3 aliphatic heterocycles. The topological polar surface area (TPSA) is 90.6 Å². The number of hydrogen-bond donors (Lipinski definition) is 2. The molecule has 3 aliphatic rings. The maximum absolute atomic E-state index is 12.9. The van der Waals surface area contributed by atoms with Crippen molar-refractivity contribution in [2.24, 2.45) is 0 Å². The summed E-state index contributed by atoms with van der Waals surface area (Å²) in [5.74, 6) is 1.01. The van der Waals surface area contributed by atoms with Crippen LogP contribution in [0.3, 0.4) is 0 Å². The van der Waals surface area contributed by atoms with Crippen LogP contribution in [-0.4, -0.2) is 77.0 Å². The van der Waals surface area contributed by atoms with E-state index in [0.29, 0.717) is 32.0 Å². The number of hydrogen-bond acceptors (Lipinski definition) is 5. The Hall–Kier alpha value is -3.65. The molecule has 0 aliphatic carbocycles. The largest absolute Gasteiger partial charge is 0.494 e. The van der Waals surface area contributed by atoms with Gasteiger partial charge in [-0.3, -0.25) is 14.6 Å². The number of likely N-dealkylation sites (tertiary alicyclic amines) is 2. The molecule has 2 aromatic heterocycles. The van der Waals surface area contributed by atoms with Crippen molar-refractivity contribution in [3.05, 3.63) is 59.9 Å². The number of amides is 2. The number of aromatic amines is 1. The molecule has 0 saturated carbocycles. The Kier molecular flexibility index (Phi) is 7.63. The summed E-state index contributed by atoms with van der Waals surface area (Å²) in [7, 11) is 0. The van der Waals surface area contributed by atoms with Gasteiger partial charge in [-0.15, -0.1) is 0 Å². The first-order valence-electron chi connectivity index (χ1n) is 14.4. The Morgan fingerprint density at radius 3 is 2.82 bits per heavy atom. The van der Waals surface area contributed by atoms with Crippen LogP contribution >= 0.6 is 0 Å². The van der Waals surface area contributed by atoms with Crippen LogP contribution in [-0.2, 0) is 11.2 Å². The van der Waals surface area contributed by atoms with E-state index in [1.807, 2.05) is 42.5 Å². The highest BCUT2D eigenvalue weighted by molar-refractivity contribution is 5.97. The van der Waals surface area contributed by atoms with Gasteiger partial charge >= 0.3 is 0 Å². The molecule has 0 unspecified atom stereocenters. The zero-order valence-corrected chi connectivity index (χ0v) is 22.5. The number of ether oxygens (including phenoxy) is 1. The molecule has 2 N–H and O–H groups in total. The number of fused-ring (bicyclic) bond motifs is 1. The molecule has 2 fully saturated rings. The molecule has 204 valence electrons. The predicted molar refractivity (Wildman–Crippen MR) is 151 cm³/mol. The SMILES string of the molecule is O=C1NCCc2[nH]c(-c3ccnc(-c4cccc(OCCCC(=O)N5CCC[C@H]5CN5CCCC5)c4)c3)cc21. The second-order valence-electron chi connectivity index (χ2n) is 10.9. The third kappa shape index (κ3) is 5.86. The lowest BCUT2D eigenvalue weighted by Gasteiger charge is -2.28. The summed E-state index contributed by atoms with van der Waals surface area (Å²) in [5, 5.41) is 2.89. The van der Waals surface area contributed by atoms with Crippen LogP contribution in [0.1, 0.15) is 54.6 Å². The van der Waals surface area contributed by atoms with Crippen molar-refractivity contribution in [1.82, 2.24) is 25.1 Å². The highest BCUT2D eigenvalue weighted by Crippen LogP contribution is 2.29. The first-order chi connectivity index (χ1) is 19.1. The van der Waals surface area contributed by atoms with Crippen LogP contribution in [0.15, 0.2) is 48.7 Å². The summed E-state index contributed by atoms with van der Waals surface area (Å²) in [4.78, 5) is 37.7. The van der Waals surface area contributed by atoms with Gasteiger partial charge in [-0.25, -0.2) is 0 Å². The summed E-state index contributed by atoms with van der Waals surface area (Å²) < 4.78 is 6.04. The van der Waals surface area contributed by atoms with Crippen LogP contribution in [0.2, 0.25) is 0 Å². The van der Waals surface area contributed by atoms with Gasteiger partial charge in [0, 0.05) is 67.2 Å². The molecule has 0 bridgehead atoms. The number of carbonyl (C=O) groups is 2. The Morgan fingerprint density at radius 1 is 1.05 bits per heavy atom. The van der Waals surface area contributed by atoms with E-state index in [9.17, 15) is 9.59 Å². The molecule has 1 aromatic carbocycles. The van der Waals surface area contributed by atoms with E-state index in [1.54, 1.807) is 6.20 Å². The van der Waals surface area contributed by atoms with Gasteiger partial charge in [-0.05, 0) is 75.5 Å². The van der Waals surface area contributed by atoms with E-state index in [1.165, 1.54) is 25.9 Å². The number of nitrogens with zero attached hydrogens (tertiary/aromatic N) is 3. The van der Waals surface area contributed by atoms with Gasteiger partial charge in [0.2, 0.25) is 5.91 Å². The van der Waals surface area contributed by atoms with Gasteiger partial charge in [0.15, 0.2) is 0 Å². The number of H-pyrrole nitrogens is 1. The van der Waals surface area contributed by atoms with E-state index in [4.69, 9.17) is 4.74 Å². The fourth-order valence-corrected chi connectivity index (χ4v) is 6.12. The number of rotatable bonds is 9. The van der Waals surface area contributed by atoms with Crippen molar-refractivity contribution in [3.8, 4) is 28.3 Å². The first-order valence-corrected chi connectivity index (χ1v) is 14.4. The normalized spacial score (nSPS) is 19.2. The molecule has 2 amide bonds. The molecular formula is C31H37N5O3. The molecular weight excluding hydrogens is 490 g/mol. The molecule has 5 heterocycles. The van der Waals surface area contributed by atoms with E-state index < -0.39 is 0 Å². The summed E-state index contributed by atoms with van der Waals surface area (Å²) in [5.41, 5.74) is 5.39. The van der Waals surface area contributed by atoms with Gasteiger partial charge in [0.1, 0.15) is 5.75 Å². The zero-order valence-electron chi connectivity index (χ0n) is 22.5. The van der Waals surface area contributed by atoms with Crippen molar-refractivity contribution in [3.63, 3.8) is 0 Å². The Labute approximate surface area is 229 Å². The van der Waals surface area contributed by atoms with Crippen molar-refractivity contribution < 1.29 is 14.3 Å². The van der Waals surface area contributed by atoms with Crippen molar-refractivity contribution >= 4 is 11.8 Å². The average Bonchev–Trinajstić information content (AvgIpc) is 3.73. The third-order valence-corrected chi connectivity index (χ3v) is 8.17. The summed E-state index contributed by atoms with van der Waals surface area (Å²) in [6, 6.07) is 14.2. The number of pyridine rings is 1. The molecule has 1 atom stereocenters. The molecule has 39 heavy (non-hydrogen) atoms. The van der Waals surface area contributed by atoms with Gasteiger partial charge in [0.05, 0.1) is 17.9 Å². The summed E-state index contributed by atoms with van der Waals surface area (Å²) >= 11 is 0. The number of aromatic nitrogens is 2. The maximum atomic E-state index is 12.9. The zero-order chi connectivity index (χ0) is 26.6. The van der Waals surface area contributed by atoms with Gasteiger partial charge in [-0.2, -0.15) is 0 Å².